The molecule has 1 rings (SSSR count). The maximum absolute atomic E-state index is 11.7. The molecule has 1 aromatic rings. The molecule has 1 aromatic carbocycles. The first-order valence-electron chi connectivity index (χ1n) is 4.88. The number of hydrogen-bond acceptors (Lipinski definition) is 3. The van der Waals surface area contributed by atoms with Crippen LogP contribution in [0.3, 0.4) is 0 Å². The molecule has 0 aliphatic rings. The summed E-state index contributed by atoms with van der Waals surface area (Å²) in [5.41, 5.74) is 0.504. The lowest BCUT2D eigenvalue weighted by atomic mass is 10.2. The van der Waals surface area contributed by atoms with Crippen molar-refractivity contribution in [2.24, 2.45) is 0 Å². The van der Waals surface area contributed by atoms with Crippen LogP contribution in [0.2, 0.25) is 5.02 Å². The smallest absolute Gasteiger partial charge is 0.321 e. The van der Waals surface area contributed by atoms with Gasteiger partial charge in [0.05, 0.1) is 5.75 Å². The predicted molar refractivity (Wildman–Crippen MR) is 72.0 cm³/mol. The molecule has 1 unspecified atom stereocenters. The lowest BCUT2D eigenvalue weighted by Gasteiger charge is -2.11. The molecular weight excluding hydrogens is 346 g/mol. The minimum absolute atomic E-state index is 0.317. The molecule has 0 saturated carbocycles. The highest BCUT2D eigenvalue weighted by Crippen LogP contribution is 2.23. The zero-order valence-electron chi connectivity index (χ0n) is 9.35. The van der Waals surface area contributed by atoms with E-state index in [0.29, 0.717) is 15.1 Å². The van der Waals surface area contributed by atoms with Gasteiger partial charge in [-0.25, -0.2) is 13.1 Å². The van der Waals surface area contributed by atoms with Gasteiger partial charge in [-0.3, -0.25) is 4.79 Å². The third-order valence-corrected chi connectivity index (χ3v) is 4.46. The first-order chi connectivity index (χ1) is 8.21. The van der Waals surface area contributed by atoms with Crippen molar-refractivity contribution in [2.75, 3.05) is 0 Å². The molecule has 0 bridgehead atoms. The molecule has 0 spiro atoms. The third kappa shape index (κ3) is 4.56. The van der Waals surface area contributed by atoms with Gasteiger partial charge in [0.15, 0.2) is 0 Å². The van der Waals surface area contributed by atoms with E-state index in [2.05, 4.69) is 20.7 Å². The number of aliphatic carboxylic acids is 1. The fourth-order valence-electron chi connectivity index (χ4n) is 1.20. The molecule has 5 nitrogen and oxygen atoms in total. The number of carbonyl (C=O) groups is 1. The highest BCUT2D eigenvalue weighted by molar-refractivity contribution is 9.10. The van der Waals surface area contributed by atoms with Gasteiger partial charge in [-0.05, 0) is 24.6 Å². The van der Waals surface area contributed by atoms with Gasteiger partial charge >= 0.3 is 5.97 Å². The molecule has 0 aliphatic heterocycles. The van der Waals surface area contributed by atoms with Crippen molar-refractivity contribution in [3.05, 3.63) is 33.3 Å². The quantitative estimate of drug-likeness (QED) is 0.845. The molecule has 0 saturated heterocycles. The van der Waals surface area contributed by atoms with Gasteiger partial charge in [-0.1, -0.05) is 33.6 Å². The van der Waals surface area contributed by atoms with E-state index in [0.717, 1.165) is 0 Å². The molecule has 0 amide bonds. The van der Waals surface area contributed by atoms with Crippen molar-refractivity contribution in [2.45, 2.75) is 18.7 Å². The molecule has 0 fully saturated rings. The second-order valence-corrected chi connectivity index (χ2v) is 6.72. The summed E-state index contributed by atoms with van der Waals surface area (Å²) in [4.78, 5) is 10.6. The number of hydrogen-bond donors (Lipinski definition) is 2. The van der Waals surface area contributed by atoms with Gasteiger partial charge in [-0.15, -0.1) is 0 Å². The van der Waals surface area contributed by atoms with Crippen LogP contribution in [0.4, 0.5) is 0 Å². The monoisotopic (exact) mass is 355 g/mol. The van der Waals surface area contributed by atoms with Crippen LogP contribution in [0, 0.1) is 0 Å². The molecule has 8 heteroatoms. The average molecular weight is 357 g/mol. The summed E-state index contributed by atoms with van der Waals surface area (Å²) in [5.74, 6) is -1.55. The van der Waals surface area contributed by atoms with E-state index in [1.165, 1.54) is 6.92 Å². The van der Waals surface area contributed by atoms with Crippen molar-refractivity contribution in [3.8, 4) is 0 Å². The van der Waals surface area contributed by atoms with Crippen LogP contribution >= 0.6 is 27.5 Å². The van der Waals surface area contributed by atoms with Crippen molar-refractivity contribution < 1.29 is 18.3 Å². The number of sulfonamides is 1. The van der Waals surface area contributed by atoms with Gasteiger partial charge in [0, 0.05) is 9.50 Å². The van der Waals surface area contributed by atoms with Crippen LogP contribution in [0.25, 0.3) is 0 Å². The van der Waals surface area contributed by atoms with Gasteiger partial charge < -0.3 is 5.11 Å². The van der Waals surface area contributed by atoms with Crippen LogP contribution in [-0.2, 0) is 20.6 Å². The molecule has 100 valence electrons. The fourth-order valence-corrected chi connectivity index (χ4v) is 3.60. The summed E-state index contributed by atoms with van der Waals surface area (Å²) in [5, 5.41) is 9.13. The lowest BCUT2D eigenvalue weighted by Crippen LogP contribution is -2.38. The second kappa shape index (κ2) is 6.01. The summed E-state index contributed by atoms with van der Waals surface area (Å²) in [6.45, 7) is 1.26. The number of rotatable bonds is 5. The van der Waals surface area contributed by atoms with Crippen LogP contribution < -0.4 is 4.72 Å². The summed E-state index contributed by atoms with van der Waals surface area (Å²) in [6.07, 6.45) is 0. The molecule has 0 aromatic heterocycles. The first kappa shape index (κ1) is 15.4. The summed E-state index contributed by atoms with van der Waals surface area (Å²) in [7, 11) is -3.72. The van der Waals surface area contributed by atoms with Crippen LogP contribution in [0.1, 0.15) is 12.5 Å². The van der Waals surface area contributed by atoms with Crippen molar-refractivity contribution in [3.63, 3.8) is 0 Å². The Labute approximate surface area is 118 Å². The average Bonchev–Trinajstić information content (AvgIpc) is 2.21. The minimum atomic E-state index is -3.72. The van der Waals surface area contributed by atoms with E-state index < -0.39 is 22.0 Å². The lowest BCUT2D eigenvalue weighted by molar-refractivity contribution is -0.138. The fraction of sp³-hybridized carbons (Fsp3) is 0.300. The maximum Gasteiger partial charge on any atom is 0.321 e. The van der Waals surface area contributed by atoms with Crippen molar-refractivity contribution in [1.82, 2.24) is 4.72 Å². The van der Waals surface area contributed by atoms with Crippen LogP contribution in [0.5, 0.6) is 0 Å². The minimum Gasteiger partial charge on any atom is -0.480 e. The van der Waals surface area contributed by atoms with E-state index in [1.54, 1.807) is 18.2 Å². The van der Waals surface area contributed by atoms with E-state index in [9.17, 15) is 13.2 Å². The van der Waals surface area contributed by atoms with Gasteiger partial charge in [0.2, 0.25) is 10.0 Å². The molecule has 2 N–H and O–H groups in total. The van der Waals surface area contributed by atoms with Gasteiger partial charge in [0.1, 0.15) is 6.04 Å². The van der Waals surface area contributed by atoms with E-state index in [4.69, 9.17) is 16.7 Å². The topological polar surface area (TPSA) is 83.5 Å². The Hall–Kier alpha value is -0.630. The Bertz CT molecular complexity index is 561. The van der Waals surface area contributed by atoms with Crippen LogP contribution in [0.15, 0.2) is 22.7 Å². The second-order valence-electron chi connectivity index (χ2n) is 3.67. The molecule has 1 atom stereocenters. The molecule has 0 aliphatic carbocycles. The Morgan fingerprint density at radius 1 is 1.56 bits per heavy atom. The molecule has 18 heavy (non-hydrogen) atoms. The summed E-state index contributed by atoms with van der Waals surface area (Å²) < 4.78 is 26.1. The molecular formula is C10H11BrClNO4S. The highest BCUT2D eigenvalue weighted by Gasteiger charge is 2.20. The van der Waals surface area contributed by atoms with E-state index in [1.807, 2.05) is 0 Å². The Kier molecular flexibility index (Phi) is 5.15. The zero-order valence-corrected chi connectivity index (χ0v) is 12.5. The predicted octanol–water partition coefficient (Wildman–Crippen LogP) is 2.00. The largest absolute Gasteiger partial charge is 0.480 e. The standard InChI is InChI=1S/C10H11BrClNO4S/c1-6(10(14)15)13-18(16,17)5-7-2-3-8(12)4-9(7)11/h2-4,6,13H,5H2,1H3,(H,14,15). The Balaban J connectivity index is 2.86. The number of nitrogens with one attached hydrogen (secondary N) is 1. The third-order valence-electron chi connectivity index (χ3n) is 2.09. The van der Waals surface area contributed by atoms with E-state index >= 15 is 0 Å². The van der Waals surface area contributed by atoms with E-state index in [-0.39, 0.29) is 5.75 Å². The number of carboxylic acid groups (broad SMARTS) is 1. The summed E-state index contributed by atoms with van der Waals surface area (Å²) >= 11 is 8.94. The molecule has 0 radical (unpaired) electrons. The highest BCUT2D eigenvalue weighted by atomic mass is 79.9. The Morgan fingerprint density at radius 2 is 2.17 bits per heavy atom. The van der Waals surface area contributed by atoms with Crippen LogP contribution in [-0.4, -0.2) is 25.5 Å². The van der Waals surface area contributed by atoms with Gasteiger partial charge in [-0.2, -0.15) is 0 Å². The number of benzene rings is 1. The van der Waals surface area contributed by atoms with Crippen molar-refractivity contribution >= 4 is 43.5 Å². The normalized spacial score (nSPS) is 13.3. The molecule has 0 heterocycles. The maximum atomic E-state index is 11.7. The summed E-state index contributed by atoms with van der Waals surface area (Å²) in [6, 6.07) is 3.54. The van der Waals surface area contributed by atoms with Gasteiger partial charge in [0.25, 0.3) is 0 Å². The van der Waals surface area contributed by atoms with Crippen molar-refractivity contribution in [1.29, 1.82) is 0 Å². The number of carboxylic acids is 1. The Morgan fingerprint density at radius 3 is 2.67 bits per heavy atom. The number of halogens is 2. The first-order valence-corrected chi connectivity index (χ1v) is 7.70. The SMILES string of the molecule is CC(NS(=O)(=O)Cc1ccc(Cl)cc1Br)C(=O)O. The zero-order chi connectivity index (χ0) is 13.9.